The Morgan fingerprint density at radius 3 is 1.97 bits per heavy atom. The van der Waals surface area contributed by atoms with Gasteiger partial charge in [-0.05, 0) is 11.1 Å². The number of aliphatic hydroxyl groups is 1. The van der Waals surface area contributed by atoms with Crippen LogP contribution in [0.25, 0.3) is 11.3 Å². The number of aromatic nitrogens is 2. The summed E-state index contributed by atoms with van der Waals surface area (Å²) in [5, 5.41) is 14.2. The average molecular weight is 448 g/mol. The van der Waals surface area contributed by atoms with Crippen LogP contribution in [0.5, 0.6) is 0 Å². The summed E-state index contributed by atoms with van der Waals surface area (Å²) in [5.41, 5.74) is 3.00. The first-order chi connectivity index (χ1) is 15.6. The van der Waals surface area contributed by atoms with Gasteiger partial charge in [0.25, 0.3) is 0 Å². The number of nitrogens with zero attached hydrogens (tertiary/aromatic N) is 3. The maximum atomic E-state index is 13.7. The zero-order valence-electron chi connectivity index (χ0n) is 17.6. The van der Waals surface area contributed by atoms with Gasteiger partial charge in [0.1, 0.15) is 10.6 Å². The fraction of sp³-hybridized carbons (Fsp3) is 0.160. The van der Waals surface area contributed by atoms with Crippen molar-refractivity contribution in [2.24, 2.45) is 0 Å². The Kier molecular flexibility index (Phi) is 6.80. The number of rotatable bonds is 9. The summed E-state index contributed by atoms with van der Waals surface area (Å²) in [5.74, 6) is 0. The molecule has 1 aromatic heterocycles. The molecule has 164 valence electrons. The number of aliphatic hydroxyl groups excluding tert-OH is 1. The zero-order chi connectivity index (χ0) is 22.4. The Hall–Kier alpha value is -3.26. The zero-order valence-corrected chi connectivity index (χ0v) is 18.4. The first-order valence-corrected chi connectivity index (χ1v) is 11.8. The van der Waals surface area contributed by atoms with E-state index in [-0.39, 0.29) is 24.6 Å². The largest absolute Gasteiger partial charge is 0.395 e. The van der Waals surface area contributed by atoms with Crippen LogP contribution in [-0.4, -0.2) is 40.8 Å². The maximum absolute atomic E-state index is 13.7. The van der Waals surface area contributed by atoms with Gasteiger partial charge in [-0.3, -0.25) is 4.68 Å². The molecule has 4 rings (SSSR count). The van der Waals surface area contributed by atoms with Gasteiger partial charge in [-0.25, -0.2) is 8.42 Å². The molecule has 0 spiro atoms. The van der Waals surface area contributed by atoms with Gasteiger partial charge in [0.2, 0.25) is 10.0 Å². The maximum Gasteiger partial charge on any atom is 0.247 e. The second-order valence-electron chi connectivity index (χ2n) is 7.44. The Morgan fingerprint density at radius 2 is 1.38 bits per heavy atom. The van der Waals surface area contributed by atoms with Crippen molar-refractivity contribution < 1.29 is 13.5 Å². The number of benzene rings is 3. The van der Waals surface area contributed by atoms with Crippen LogP contribution in [-0.2, 0) is 23.1 Å². The van der Waals surface area contributed by atoms with E-state index in [0.717, 1.165) is 16.7 Å². The minimum atomic E-state index is -3.92. The quantitative estimate of drug-likeness (QED) is 0.424. The molecule has 6 nitrogen and oxygen atoms in total. The van der Waals surface area contributed by atoms with Crippen LogP contribution in [0.1, 0.15) is 11.1 Å². The second-order valence-corrected chi connectivity index (χ2v) is 9.35. The van der Waals surface area contributed by atoms with E-state index in [0.29, 0.717) is 12.2 Å². The van der Waals surface area contributed by atoms with Crippen molar-refractivity contribution in [1.29, 1.82) is 0 Å². The van der Waals surface area contributed by atoms with Crippen LogP contribution in [0.3, 0.4) is 0 Å². The molecule has 0 bridgehead atoms. The summed E-state index contributed by atoms with van der Waals surface area (Å²) in [7, 11) is -3.92. The van der Waals surface area contributed by atoms with E-state index >= 15 is 0 Å². The van der Waals surface area contributed by atoms with Gasteiger partial charge in [-0.2, -0.15) is 9.40 Å². The topological polar surface area (TPSA) is 75.4 Å². The van der Waals surface area contributed by atoms with Crippen molar-refractivity contribution in [3.8, 4) is 11.3 Å². The van der Waals surface area contributed by atoms with E-state index in [2.05, 4.69) is 5.10 Å². The van der Waals surface area contributed by atoms with Crippen molar-refractivity contribution in [2.75, 3.05) is 13.2 Å². The molecule has 1 heterocycles. The molecule has 0 saturated carbocycles. The van der Waals surface area contributed by atoms with Gasteiger partial charge < -0.3 is 5.11 Å². The first-order valence-electron chi connectivity index (χ1n) is 10.4. The van der Waals surface area contributed by atoms with Crippen LogP contribution >= 0.6 is 0 Å². The molecule has 0 unspecified atom stereocenters. The summed E-state index contributed by atoms with van der Waals surface area (Å²) in [6, 6.07) is 28.4. The lowest BCUT2D eigenvalue weighted by Crippen LogP contribution is -2.33. The molecule has 7 heteroatoms. The predicted octanol–water partition coefficient (Wildman–Crippen LogP) is 3.78. The van der Waals surface area contributed by atoms with Crippen LogP contribution in [0.2, 0.25) is 0 Å². The SMILES string of the molecule is O=S(=O)(c1cn(Cc2ccccc2)nc1-c1ccccc1)N(CCO)Cc1ccccc1. The lowest BCUT2D eigenvalue weighted by atomic mass is 10.2. The van der Waals surface area contributed by atoms with E-state index in [1.807, 2.05) is 91.0 Å². The molecule has 0 atom stereocenters. The standard InChI is InChI=1S/C25H25N3O3S/c29-17-16-28(19-22-12-6-2-7-13-22)32(30,31)24-20-27(18-21-10-4-1-5-11-21)26-25(24)23-14-8-3-9-15-23/h1-15,20,29H,16-19H2. The highest BCUT2D eigenvalue weighted by Gasteiger charge is 2.30. The van der Waals surface area contributed by atoms with E-state index in [4.69, 9.17) is 0 Å². The number of hydrogen-bond donors (Lipinski definition) is 1. The van der Waals surface area contributed by atoms with Crippen molar-refractivity contribution in [3.05, 3.63) is 108 Å². The highest BCUT2D eigenvalue weighted by atomic mass is 32.2. The Morgan fingerprint density at radius 1 is 0.812 bits per heavy atom. The summed E-state index contributed by atoms with van der Waals surface area (Å²) in [6.07, 6.45) is 1.58. The Balaban J connectivity index is 1.76. The highest BCUT2D eigenvalue weighted by Crippen LogP contribution is 2.29. The van der Waals surface area contributed by atoms with E-state index < -0.39 is 10.0 Å². The molecule has 0 aliphatic rings. The minimum Gasteiger partial charge on any atom is -0.395 e. The van der Waals surface area contributed by atoms with Crippen molar-refractivity contribution in [1.82, 2.24) is 14.1 Å². The third-order valence-electron chi connectivity index (χ3n) is 5.13. The fourth-order valence-electron chi connectivity index (χ4n) is 3.56. The molecule has 0 fully saturated rings. The first kappa shape index (κ1) is 22.0. The van der Waals surface area contributed by atoms with Gasteiger partial charge in [-0.15, -0.1) is 0 Å². The van der Waals surface area contributed by atoms with Crippen molar-refractivity contribution in [2.45, 2.75) is 18.0 Å². The van der Waals surface area contributed by atoms with Gasteiger partial charge >= 0.3 is 0 Å². The van der Waals surface area contributed by atoms with Gasteiger partial charge in [0.05, 0.1) is 13.2 Å². The van der Waals surface area contributed by atoms with E-state index in [1.54, 1.807) is 10.9 Å². The molecule has 0 aliphatic heterocycles. The lowest BCUT2D eigenvalue weighted by molar-refractivity contribution is 0.251. The highest BCUT2D eigenvalue weighted by molar-refractivity contribution is 7.89. The molecule has 0 aliphatic carbocycles. The molecule has 0 radical (unpaired) electrons. The monoisotopic (exact) mass is 447 g/mol. The molecular formula is C25H25N3O3S. The van der Waals surface area contributed by atoms with E-state index in [1.165, 1.54) is 4.31 Å². The Labute approximate surface area is 188 Å². The summed E-state index contributed by atoms with van der Waals surface area (Å²) in [6.45, 7) is 0.344. The average Bonchev–Trinajstić information content (AvgIpc) is 3.25. The summed E-state index contributed by atoms with van der Waals surface area (Å²) < 4.78 is 30.5. The minimum absolute atomic E-state index is 0.00464. The van der Waals surface area contributed by atoms with Gasteiger partial charge in [-0.1, -0.05) is 91.0 Å². The smallest absolute Gasteiger partial charge is 0.247 e. The van der Waals surface area contributed by atoms with Crippen LogP contribution in [0, 0.1) is 0 Å². The number of hydrogen-bond acceptors (Lipinski definition) is 4. The normalized spacial score (nSPS) is 11.7. The third kappa shape index (κ3) is 4.96. The number of sulfonamides is 1. The molecule has 0 saturated heterocycles. The molecule has 32 heavy (non-hydrogen) atoms. The molecular weight excluding hydrogens is 422 g/mol. The summed E-state index contributed by atoms with van der Waals surface area (Å²) in [4.78, 5) is 0.129. The molecule has 4 aromatic rings. The molecule has 3 aromatic carbocycles. The fourth-order valence-corrected chi connectivity index (χ4v) is 5.14. The third-order valence-corrected chi connectivity index (χ3v) is 6.98. The van der Waals surface area contributed by atoms with Crippen LogP contribution in [0.15, 0.2) is 102 Å². The van der Waals surface area contributed by atoms with Gasteiger partial charge in [0.15, 0.2) is 0 Å². The Bertz CT molecular complexity index is 1240. The van der Waals surface area contributed by atoms with Crippen LogP contribution < -0.4 is 0 Å². The molecule has 0 amide bonds. The van der Waals surface area contributed by atoms with Crippen molar-refractivity contribution >= 4 is 10.0 Å². The van der Waals surface area contributed by atoms with E-state index in [9.17, 15) is 13.5 Å². The van der Waals surface area contributed by atoms with Crippen molar-refractivity contribution in [3.63, 3.8) is 0 Å². The van der Waals surface area contributed by atoms with Crippen LogP contribution in [0.4, 0.5) is 0 Å². The summed E-state index contributed by atoms with van der Waals surface area (Å²) >= 11 is 0. The lowest BCUT2D eigenvalue weighted by Gasteiger charge is -2.21. The molecule has 1 N–H and O–H groups in total. The predicted molar refractivity (Wildman–Crippen MR) is 124 cm³/mol. The second kappa shape index (κ2) is 9.91. The van der Waals surface area contributed by atoms with Gasteiger partial charge in [0, 0.05) is 24.8 Å².